The first-order valence-corrected chi connectivity index (χ1v) is 3.04. The molecule has 0 spiro atoms. The smallest absolute Gasteiger partial charge is 0.307 e. The molecule has 4 nitrogen and oxygen atoms in total. The molecule has 0 radical (unpaired) electrons. The number of carboxylic acid groups (broad SMARTS) is 1. The van der Waals surface area contributed by atoms with E-state index in [-0.39, 0.29) is 5.57 Å². The Morgan fingerprint density at radius 1 is 1.36 bits per heavy atom. The van der Waals surface area contributed by atoms with Crippen LogP contribution in [0.15, 0.2) is 11.3 Å². The number of ketones is 1. The zero-order valence-corrected chi connectivity index (χ0v) is 6.38. The largest absolute Gasteiger partial charge is 0.875 e. The molecule has 0 heterocycles. The van der Waals surface area contributed by atoms with Crippen LogP contribution < -0.4 is 5.11 Å². The van der Waals surface area contributed by atoms with Gasteiger partial charge >= 0.3 is 5.97 Å². The van der Waals surface area contributed by atoms with Gasteiger partial charge in [-0.05, 0) is 12.5 Å². The van der Waals surface area contributed by atoms with E-state index in [0.717, 1.165) is 0 Å². The maximum Gasteiger partial charge on any atom is 0.307 e. The van der Waals surface area contributed by atoms with Crippen LogP contribution in [0, 0.1) is 0 Å². The third kappa shape index (κ3) is 3.40. The summed E-state index contributed by atoms with van der Waals surface area (Å²) in [6.45, 7) is 2.36. The lowest BCUT2D eigenvalue weighted by Gasteiger charge is -2.10. The summed E-state index contributed by atoms with van der Waals surface area (Å²) in [7, 11) is 0. The van der Waals surface area contributed by atoms with Crippen molar-refractivity contribution in [3.05, 3.63) is 11.3 Å². The highest BCUT2D eigenvalue weighted by atomic mass is 16.4. The maximum atomic E-state index is 10.6. The number of aliphatic carboxylic acids is 1. The lowest BCUT2D eigenvalue weighted by molar-refractivity contribution is -0.303. The lowest BCUT2D eigenvalue weighted by atomic mass is 10.1. The van der Waals surface area contributed by atoms with Gasteiger partial charge < -0.3 is 10.2 Å². The summed E-state index contributed by atoms with van der Waals surface area (Å²) >= 11 is 0. The molecule has 0 aromatic heterocycles. The number of Topliss-reactive ketones (excluding diaryl/α,β-unsaturated/α-hetero) is 1. The predicted octanol–water partition coefficient (Wildman–Crippen LogP) is -0.316. The van der Waals surface area contributed by atoms with Crippen molar-refractivity contribution in [2.45, 2.75) is 20.3 Å². The second-order valence-corrected chi connectivity index (χ2v) is 2.16. The SMILES string of the molecule is CC(=O)/C(CC(=O)O)=C(/C)[O-]. The Morgan fingerprint density at radius 3 is 1.91 bits per heavy atom. The summed E-state index contributed by atoms with van der Waals surface area (Å²) in [5.41, 5.74) is -0.155. The normalized spacial score (nSPS) is 12.2. The van der Waals surface area contributed by atoms with Gasteiger partial charge in [0.15, 0.2) is 5.78 Å². The van der Waals surface area contributed by atoms with Crippen LogP contribution >= 0.6 is 0 Å². The van der Waals surface area contributed by atoms with Gasteiger partial charge in [0.05, 0.1) is 6.42 Å². The molecule has 0 aromatic rings. The Labute approximate surface area is 64.2 Å². The Morgan fingerprint density at radius 2 is 1.82 bits per heavy atom. The molecule has 0 aliphatic rings. The maximum absolute atomic E-state index is 10.6. The van der Waals surface area contributed by atoms with Crippen LogP contribution in [0.4, 0.5) is 0 Å². The van der Waals surface area contributed by atoms with Gasteiger partial charge in [-0.25, -0.2) is 0 Å². The fourth-order valence-corrected chi connectivity index (χ4v) is 0.648. The zero-order valence-electron chi connectivity index (χ0n) is 6.38. The van der Waals surface area contributed by atoms with E-state index in [2.05, 4.69) is 0 Å². The van der Waals surface area contributed by atoms with Crippen molar-refractivity contribution in [1.82, 2.24) is 0 Å². The van der Waals surface area contributed by atoms with Crippen molar-refractivity contribution in [1.29, 1.82) is 0 Å². The van der Waals surface area contributed by atoms with Gasteiger partial charge in [0.2, 0.25) is 0 Å². The first-order chi connectivity index (χ1) is 4.95. The van der Waals surface area contributed by atoms with Crippen molar-refractivity contribution in [2.75, 3.05) is 0 Å². The average Bonchev–Trinajstić information content (AvgIpc) is 1.81. The molecular formula is C7H9O4-. The summed E-state index contributed by atoms with van der Waals surface area (Å²) in [4.78, 5) is 20.7. The molecule has 0 rings (SSSR count). The summed E-state index contributed by atoms with van der Waals surface area (Å²) in [5, 5.41) is 18.9. The molecule has 0 saturated heterocycles. The lowest BCUT2D eigenvalue weighted by Crippen LogP contribution is -2.12. The Balaban J connectivity index is 4.52. The highest BCUT2D eigenvalue weighted by Crippen LogP contribution is 2.05. The standard InChI is InChI=1S/C7H10O4/c1-4(8)6(5(2)9)3-7(10)11/h8H,3H2,1-2H3,(H,10,11)/p-1/b6-4-. The average molecular weight is 157 g/mol. The van der Waals surface area contributed by atoms with E-state index in [1.54, 1.807) is 0 Å². The molecule has 0 unspecified atom stereocenters. The Kier molecular flexibility index (Phi) is 3.30. The second kappa shape index (κ2) is 3.75. The number of hydrogen-bond acceptors (Lipinski definition) is 3. The number of rotatable bonds is 3. The molecule has 0 aromatic carbocycles. The molecule has 0 fully saturated rings. The highest BCUT2D eigenvalue weighted by molar-refractivity contribution is 5.97. The van der Waals surface area contributed by atoms with Gasteiger partial charge in [0, 0.05) is 0 Å². The molecule has 0 bridgehead atoms. The van der Waals surface area contributed by atoms with Crippen molar-refractivity contribution in [3.8, 4) is 0 Å². The molecule has 0 aliphatic carbocycles. The van der Waals surface area contributed by atoms with Gasteiger partial charge in [-0.1, -0.05) is 6.92 Å². The minimum absolute atomic E-state index is 0.155. The van der Waals surface area contributed by atoms with Crippen LogP contribution in [0.1, 0.15) is 20.3 Å². The number of carbonyl (C=O) groups is 2. The van der Waals surface area contributed by atoms with E-state index in [4.69, 9.17) is 5.11 Å². The third-order valence-electron chi connectivity index (χ3n) is 1.18. The minimum atomic E-state index is -1.16. The number of hydrogen-bond donors (Lipinski definition) is 1. The molecule has 62 valence electrons. The Hall–Kier alpha value is -1.32. The summed E-state index contributed by atoms with van der Waals surface area (Å²) in [6, 6.07) is 0. The van der Waals surface area contributed by atoms with Crippen LogP contribution in [-0.2, 0) is 9.59 Å². The van der Waals surface area contributed by atoms with E-state index in [0.29, 0.717) is 0 Å². The minimum Gasteiger partial charge on any atom is -0.875 e. The van der Waals surface area contributed by atoms with Crippen LogP contribution in [-0.4, -0.2) is 16.9 Å². The summed E-state index contributed by atoms with van der Waals surface area (Å²) in [6.07, 6.45) is -0.481. The number of allylic oxidation sites excluding steroid dienone is 1. The third-order valence-corrected chi connectivity index (χ3v) is 1.18. The van der Waals surface area contributed by atoms with E-state index < -0.39 is 23.9 Å². The van der Waals surface area contributed by atoms with E-state index >= 15 is 0 Å². The van der Waals surface area contributed by atoms with Crippen molar-refractivity contribution in [3.63, 3.8) is 0 Å². The van der Waals surface area contributed by atoms with Crippen LogP contribution in [0.5, 0.6) is 0 Å². The topological polar surface area (TPSA) is 77.4 Å². The second-order valence-electron chi connectivity index (χ2n) is 2.16. The van der Waals surface area contributed by atoms with Crippen molar-refractivity contribution < 1.29 is 19.8 Å². The predicted molar refractivity (Wildman–Crippen MR) is 35.6 cm³/mol. The van der Waals surface area contributed by atoms with Gasteiger partial charge in [-0.15, -0.1) is 5.76 Å². The van der Waals surface area contributed by atoms with Crippen LogP contribution in [0.3, 0.4) is 0 Å². The Bertz CT molecular complexity index is 210. The monoisotopic (exact) mass is 157 g/mol. The first kappa shape index (κ1) is 9.68. The zero-order chi connectivity index (χ0) is 9.02. The molecule has 0 saturated carbocycles. The molecule has 11 heavy (non-hydrogen) atoms. The van der Waals surface area contributed by atoms with E-state index in [9.17, 15) is 14.7 Å². The van der Waals surface area contributed by atoms with Gasteiger partial charge in [-0.2, -0.15) is 0 Å². The van der Waals surface area contributed by atoms with Crippen molar-refractivity contribution in [2.24, 2.45) is 0 Å². The molecule has 0 aliphatic heterocycles. The molecular weight excluding hydrogens is 148 g/mol. The molecule has 4 heteroatoms. The number of carbonyl (C=O) groups excluding carboxylic acids is 1. The molecule has 0 atom stereocenters. The fraction of sp³-hybridized carbons (Fsp3) is 0.429. The van der Waals surface area contributed by atoms with Gasteiger partial charge in [0.1, 0.15) is 0 Å². The molecule has 0 amide bonds. The quantitative estimate of drug-likeness (QED) is 0.450. The molecule has 1 N–H and O–H groups in total. The summed E-state index contributed by atoms with van der Waals surface area (Å²) in [5.74, 6) is -2.11. The van der Waals surface area contributed by atoms with E-state index in [1.165, 1.54) is 13.8 Å². The number of carboxylic acids is 1. The van der Waals surface area contributed by atoms with Gasteiger partial charge in [0.25, 0.3) is 0 Å². The van der Waals surface area contributed by atoms with E-state index in [1.807, 2.05) is 0 Å². The first-order valence-electron chi connectivity index (χ1n) is 3.04. The van der Waals surface area contributed by atoms with Crippen LogP contribution in [0.2, 0.25) is 0 Å². The summed E-state index contributed by atoms with van der Waals surface area (Å²) < 4.78 is 0. The fourth-order valence-electron chi connectivity index (χ4n) is 0.648. The van der Waals surface area contributed by atoms with Crippen molar-refractivity contribution >= 4 is 11.8 Å². The highest BCUT2D eigenvalue weighted by Gasteiger charge is 2.07. The van der Waals surface area contributed by atoms with Gasteiger partial charge in [-0.3, -0.25) is 9.59 Å². The van der Waals surface area contributed by atoms with Crippen LogP contribution in [0.25, 0.3) is 0 Å².